The van der Waals surface area contributed by atoms with E-state index in [2.05, 4.69) is 67.5 Å². The minimum Gasteiger partial charge on any atom is -0.372 e. The predicted octanol–water partition coefficient (Wildman–Crippen LogP) is 7.67. The van der Waals surface area contributed by atoms with Gasteiger partial charge in [0.2, 0.25) is 0 Å². The van der Waals surface area contributed by atoms with Gasteiger partial charge in [-0.3, -0.25) is 4.79 Å². The molecule has 0 radical (unpaired) electrons. The minimum absolute atomic E-state index is 0.0437. The summed E-state index contributed by atoms with van der Waals surface area (Å²) in [6, 6.07) is 0. The molecule has 2 nitrogen and oxygen atoms in total. The molecule has 0 aromatic heterocycles. The number of hydrogen-bond donors (Lipinski definition) is 0. The second kappa shape index (κ2) is 6.83. The van der Waals surface area contributed by atoms with Gasteiger partial charge in [0.25, 0.3) is 0 Å². The molecule has 5 rings (SSSR count). The van der Waals surface area contributed by atoms with Crippen molar-refractivity contribution in [2.75, 3.05) is 0 Å². The number of allylic oxidation sites excluding steroid dienone is 4. The zero-order chi connectivity index (χ0) is 23.3. The third-order valence-electron chi connectivity index (χ3n) is 11.8. The maximum absolute atomic E-state index is 12.8. The summed E-state index contributed by atoms with van der Waals surface area (Å²) in [7, 11) is 0. The number of ether oxygens (including phenoxy) is 1. The van der Waals surface area contributed by atoms with Crippen LogP contribution in [0, 0.1) is 39.4 Å². The first-order valence-electron chi connectivity index (χ1n) is 13.4. The van der Waals surface area contributed by atoms with Crippen LogP contribution in [0.15, 0.2) is 23.3 Å². The van der Waals surface area contributed by atoms with E-state index in [4.69, 9.17) is 4.74 Å². The fraction of sp³-hybridized carbons (Fsp3) is 0.833. The van der Waals surface area contributed by atoms with Crippen LogP contribution >= 0.6 is 0 Å². The van der Waals surface area contributed by atoms with Crippen molar-refractivity contribution < 1.29 is 9.53 Å². The van der Waals surface area contributed by atoms with E-state index in [1.54, 1.807) is 11.1 Å². The number of Topliss-reactive ketones (excluding diaryl/α,β-unsaturated/α-hetero) is 1. The Labute approximate surface area is 196 Å². The molecule has 3 fully saturated rings. The first-order chi connectivity index (χ1) is 14.8. The molecule has 0 aromatic rings. The van der Waals surface area contributed by atoms with E-state index < -0.39 is 0 Å². The Bertz CT molecular complexity index is 891. The lowest BCUT2D eigenvalue weighted by Crippen LogP contribution is -2.53. The molecule has 178 valence electrons. The molecule has 7 unspecified atom stereocenters. The van der Waals surface area contributed by atoms with Crippen molar-refractivity contribution in [2.45, 2.75) is 118 Å². The molecular formula is C30H46O2. The van der Waals surface area contributed by atoms with Gasteiger partial charge in [0.05, 0.1) is 11.7 Å². The Morgan fingerprint density at radius 1 is 0.938 bits per heavy atom. The highest BCUT2D eigenvalue weighted by molar-refractivity contribution is 5.86. The summed E-state index contributed by atoms with van der Waals surface area (Å²) >= 11 is 0. The summed E-state index contributed by atoms with van der Waals surface area (Å²) in [5.41, 5.74) is 3.77. The zero-order valence-corrected chi connectivity index (χ0v) is 21.9. The fourth-order valence-corrected chi connectivity index (χ4v) is 9.34. The van der Waals surface area contributed by atoms with Crippen molar-refractivity contribution in [3.05, 3.63) is 23.3 Å². The van der Waals surface area contributed by atoms with Gasteiger partial charge in [0.1, 0.15) is 5.78 Å². The predicted molar refractivity (Wildman–Crippen MR) is 131 cm³/mol. The van der Waals surface area contributed by atoms with Crippen LogP contribution < -0.4 is 0 Å². The van der Waals surface area contributed by atoms with E-state index in [1.807, 2.05) is 0 Å². The Kier molecular flexibility index (Phi) is 4.89. The van der Waals surface area contributed by atoms with Crippen LogP contribution in [0.4, 0.5) is 0 Å². The number of fused-ring (bicyclic) bond motifs is 5. The molecule has 0 bridgehead atoms. The van der Waals surface area contributed by atoms with Gasteiger partial charge >= 0.3 is 0 Å². The molecule has 5 aliphatic rings. The molecule has 1 saturated heterocycles. The first kappa shape index (κ1) is 22.9. The molecule has 7 atom stereocenters. The van der Waals surface area contributed by atoms with Crippen LogP contribution in [0.25, 0.3) is 0 Å². The van der Waals surface area contributed by atoms with E-state index >= 15 is 0 Å². The molecule has 2 saturated carbocycles. The van der Waals surface area contributed by atoms with Gasteiger partial charge < -0.3 is 4.74 Å². The fourth-order valence-electron chi connectivity index (χ4n) is 9.34. The normalized spacial score (nSPS) is 47.8. The van der Waals surface area contributed by atoms with Gasteiger partial charge in [0.15, 0.2) is 0 Å². The smallest absolute Gasteiger partial charge is 0.138 e. The highest BCUT2D eigenvalue weighted by Crippen LogP contribution is 2.71. The van der Waals surface area contributed by atoms with Crippen molar-refractivity contribution in [1.29, 1.82) is 0 Å². The number of carbonyl (C=O) groups is 1. The SMILES string of the molecule is CC(C1CCC(C)(C)O1)C1CCC2(C)C3=CCC4C(C)(C)C(=O)CCC4(C)C3=CCC12C. The maximum atomic E-state index is 12.8. The second-order valence-electron chi connectivity index (χ2n) is 14.0. The molecule has 32 heavy (non-hydrogen) atoms. The van der Waals surface area contributed by atoms with Crippen molar-refractivity contribution in [3.63, 3.8) is 0 Å². The van der Waals surface area contributed by atoms with Crippen molar-refractivity contribution in [2.24, 2.45) is 39.4 Å². The van der Waals surface area contributed by atoms with Gasteiger partial charge in [-0.2, -0.15) is 0 Å². The lowest BCUT2D eigenvalue weighted by molar-refractivity contribution is -0.138. The van der Waals surface area contributed by atoms with E-state index in [1.165, 1.54) is 32.1 Å². The standard InChI is InChI=1S/C30H46O2/c1-19(23-13-15-26(2,3)32-23)20-11-17-30(8)22-9-10-24-27(4,5)25(31)14-16-28(24,6)21(22)12-18-29(20,30)7/h9,12,19-20,23-24H,10-11,13-18H2,1-8H3. The largest absolute Gasteiger partial charge is 0.372 e. The Hall–Kier alpha value is -0.890. The van der Waals surface area contributed by atoms with Crippen LogP contribution in [0.3, 0.4) is 0 Å². The third kappa shape index (κ3) is 2.83. The highest BCUT2D eigenvalue weighted by Gasteiger charge is 2.63. The molecule has 1 heterocycles. The average Bonchev–Trinajstić information content (AvgIpc) is 3.21. The molecular weight excluding hydrogens is 392 g/mol. The molecule has 1 aliphatic heterocycles. The van der Waals surface area contributed by atoms with Crippen molar-refractivity contribution >= 4 is 5.78 Å². The van der Waals surface area contributed by atoms with Crippen molar-refractivity contribution in [3.8, 4) is 0 Å². The molecule has 0 N–H and O–H groups in total. The first-order valence-corrected chi connectivity index (χ1v) is 13.4. The monoisotopic (exact) mass is 438 g/mol. The quantitative estimate of drug-likeness (QED) is 0.442. The molecule has 0 amide bonds. The Morgan fingerprint density at radius 2 is 1.66 bits per heavy atom. The molecule has 4 aliphatic carbocycles. The van der Waals surface area contributed by atoms with Gasteiger partial charge in [-0.1, -0.05) is 53.7 Å². The van der Waals surface area contributed by atoms with E-state index in [-0.39, 0.29) is 21.8 Å². The Morgan fingerprint density at radius 3 is 2.31 bits per heavy atom. The van der Waals surface area contributed by atoms with Crippen LogP contribution in [0.5, 0.6) is 0 Å². The van der Waals surface area contributed by atoms with E-state index in [9.17, 15) is 4.79 Å². The lowest BCUT2D eigenvalue weighted by atomic mass is 9.44. The number of ketones is 1. The summed E-state index contributed by atoms with van der Waals surface area (Å²) in [4.78, 5) is 12.8. The van der Waals surface area contributed by atoms with Crippen LogP contribution in [0.1, 0.15) is 107 Å². The lowest BCUT2D eigenvalue weighted by Gasteiger charge is -2.59. The van der Waals surface area contributed by atoms with Crippen LogP contribution in [-0.4, -0.2) is 17.5 Å². The van der Waals surface area contributed by atoms with E-state index in [0.29, 0.717) is 35.1 Å². The topological polar surface area (TPSA) is 26.3 Å². The minimum atomic E-state index is -0.211. The number of carbonyl (C=O) groups excluding carboxylic acids is 1. The second-order valence-corrected chi connectivity index (χ2v) is 14.0. The zero-order valence-electron chi connectivity index (χ0n) is 21.9. The van der Waals surface area contributed by atoms with Crippen LogP contribution in [0.2, 0.25) is 0 Å². The summed E-state index contributed by atoms with van der Waals surface area (Å²) in [6.45, 7) is 19.1. The van der Waals surface area contributed by atoms with Gasteiger partial charge in [-0.25, -0.2) is 0 Å². The van der Waals surface area contributed by atoms with Gasteiger partial charge in [0, 0.05) is 11.8 Å². The van der Waals surface area contributed by atoms with E-state index in [0.717, 1.165) is 19.3 Å². The maximum Gasteiger partial charge on any atom is 0.138 e. The molecule has 0 aromatic carbocycles. The third-order valence-corrected chi connectivity index (χ3v) is 11.8. The summed E-state index contributed by atoms with van der Waals surface area (Å²) in [5.74, 6) is 2.22. The highest BCUT2D eigenvalue weighted by atomic mass is 16.5. The number of hydrogen-bond acceptors (Lipinski definition) is 2. The van der Waals surface area contributed by atoms with Crippen LogP contribution in [-0.2, 0) is 9.53 Å². The average molecular weight is 439 g/mol. The number of rotatable bonds is 2. The molecule has 0 spiro atoms. The Balaban J connectivity index is 1.50. The summed E-state index contributed by atoms with van der Waals surface area (Å²) < 4.78 is 6.54. The van der Waals surface area contributed by atoms with Gasteiger partial charge in [-0.15, -0.1) is 0 Å². The molecule has 2 heteroatoms. The summed E-state index contributed by atoms with van der Waals surface area (Å²) in [6.07, 6.45) is 14.6. The van der Waals surface area contributed by atoms with Gasteiger partial charge in [-0.05, 0) is 104 Å². The summed E-state index contributed by atoms with van der Waals surface area (Å²) in [5, 5.41) is 0. The van der Waals surface area contributed by atoms with Crippen molar-refractivity contribution in [1.82, 2.24) is 0 Å².